The Balaban J connectivity index is 1.39. The smallest absolute Gasteiger partial charge is 0.346 e. The Morgan fingerprint density at radius 1 is 1.17 bits per heavy atom. The van der Waals surface area contributed by atoms with Crippen molar-refractivity contribution in [2.24, 2.45) is 7.05 Å². The lowest BCUT2D eigenvalue weighted by atomic mass is 9.87. The molecule has 2 aromatic carbocycles. The maximum absolute atomic E-state index is 13.7. The Labute approximate surface area is 206 Å². The van der Waals surface area contributed by atoms with E-state index in [4.69, 9.17) is 0 Å². The number of rotatable bonds is 3. The first kappa shape index (κ1) is 24.3. The number of nitrogens with zero attached hydrogens (tertiary/aromatic N) is 4. The number of carbonyl (C=O) groups excluding carboxylic acids is 2. The highest BCUT2D eigenvalue weighted by Crippen LogP contribution is 2.37. The van der Waals surface area contributed by atoms with Crippen LogP contribution in [0.5, 0.6) is 0 Å². The first-order chi connectivity index (χ1) is 17.0. The molecule has 0 saturated carbocycles. The normalized spacial score (nSPS) is 21.1. The van der Waals surface area contributed by atoms with E-state index in [-0.39, 0.29) is 34.6 Å². The van der Waals surface area contributed by atoms with E-state index in [1.807, 2.05) is 19.2 Å². The number of hydrogen-bond acceptors (Lipinski definition) is 4. The van der Waals surface area contributed by atoms with Crippen LogP contribution in [0.2, 0.25) is 0 Å². The summed E-state index contributed by atoms with van der Waals surface area (Å²) in [4.78, 5) is 33.4. The van der Waals surface area contributed by atoms with Crippen LogP contribution < -0.4 is 5.32 Å². The quantitative estimate of drug-likeness (QED) is 0.581. The number of imidazole rings is 1. The van der Waals surface area contributed by atoms with Crippen LogP contribution >= 0.6 is 0 Å². The van der Waals surface area contributed by atoms with Crippen molar-refractivity contribution in [2.45, 2.75) is 44.4 Å². The highest BCUT2D eigenvalue weighted by atomic mass is 19.4. The van der Waals surface area contributed by atoms with Gasteiger partial charge in [-0.1, -0.05) is 13.0 Å². The van der Waals surface area contributed by atoms with E-state index < -0.39 is 17.6 Å². The van der Waals surface area contributed by atoms with Crippen molar-refractivity contribution in [3.63, 3.8) is 0 Å². The number of amides is 2. The number of benzene rings is 2. The molecule has 190 valence electrons. The van der Waals surface area contributed by atoms with Crippen molar-refractivity contribution in [1.82, 2.24) is 19.4 Å². The molecule has 1 saturated heterocycles. The molecule has 0 spiro atoms. The molecule has 2 aliphatic heterocycles. The lowest BCUT2D eigenvalue weighted by Gasteiger charge is -2.41. The van der Waals surface area contributed by atoms with Gasteiger partial charge in [-0.05, 0) is 47.7 Å². The van der Waals surface area contributed by atoms with E-state index >= 15 is 0 Å². The molecule has 36 heavy (non-hydrogen) atoms. The van der Waals surface area contributed by atoms with Gasteiger partial charge in [0.25, 0.3) is 5.91 Å². The first-order valence-electron chi connectivity index (χ1n) is 12.0. The number of hydrogen-bond donors (Lipinski definition) is 1. The number of aryl methyl sites for hydroxylation is 1. The summed E-state index contributed by atoms with van der Waals surface area (Å²) < 4.78 is 42.4. The summed E-state index contributed by atoms with van der Waals surface area (Å²) in [5.74, 6) is -0.108. The predicted molar refractivity (Wildman–Crippen MR) is 130 cm³/mol. The molecule has 2 aliphatic rings. The Hall–Kier alpha value is -3.40. The summed E-state index contributed by atoms with van der Waals surface area (Å²) in [7, 11) is 3.32. The predicted octanol–water partition coefficient (Wildman–Crippen LogP) is 4.38. The summed E-state index contributed by atoms with van der Waals surface area (Å²) in [6.45, 7) is 4.32. The maximum atomic E-state index is 13.7. The fraction of sp³-hybridized carbons (Fsp3) is 0.423. The van der Waals surface area contributed by atoms with Gasteiger partial charge in [-0.3, -0.25) is 14.5 Å². The van der Waals surface area contributed by atoms with E-state index in [0.717, 1.165) is 36.7 Å². The van der Waals surface area contributed by atoms with Gasteiger partial charge in [-0.25, -0.2) is 4.98 Å². The van der Waals surface area contributed by atoms with Gasteiger partial charge >= 0.3 is 6.18 Å². The third kappa shape index (κ3) is 4.45. The number of likely N-dealkylation sites (tertiary alicyclic amines) is 1. The average Bonchev–Trinajstić information content (AvgIpc) is 3.19. The lowest BCUT2D eigenvalue weighted by molar-refractivity contribution is -0.136. The lowest BCUT2D eigenvalue weighted by Crippen LogP contribution is -2.48. The maximum Gasteiger partial charge on any atom is 0.418 e. The van der Waals surface area contributed by atoms with Crippen LogP contribution in [0.15, 0.2) is 36.7 Å². The minimum Gasteiger partial charge on any atom is -0.346 e. The van der Waals surface area contributed by atoms with E-state index in [1.165, 1.54) is 24.0 Å². The van der Waals surface area contributed by atoms with Crippen LogP contribution in [-0.4, -0.2) is 57.3 Å². The SMILES string of the molecule is CC1CN(C2CCN(C)C(=O)C2)Cc2cc(C(=O)Nc3cc(C(F)(F)F)c4c(c3)ncn4C)ccc21. The number of fused-ring (bicyclic) bond motifs is 2. The summed E-state index contributed by atoms with van der Waals surface area (Å²) in [5.41, 5.74) is 1.84. The number of halogens is 3. The van der Waals surface area contributed by atoms with Crippen LogP contribution in [0, 0.1) is 0 Å². The monoisotopic (exact) mass is 499 g/mol. The third-order valence-corrected chi connectivity index (χ3v) is 7.34. The number of piperidine rings is 1. The molecule has 1 aromatic heterocycles. The van der Waals surface area contributed by atoms with E-state index in [0.29, 0.717) is 18.5 Å². The van der Waals surface area contributed by atoms with Gasteiger partial charge in [0.1, 0.15) is 0 Å². The van der Waals surface area contributed by atoms with Gasteiger partial charge in [-0.15, -0.1) is 0 Å². The van der Waals surface area contributed by atoms with Gasteiger partial charge in [0.05, 0.1) is 22.9 Å². The molecule has 2 unspecified atom stereocenters. The molecule has 2 amide bonds. The zero-order valence-corrected chi connectivity index (χ0v) is 20.4. The standard InChI is InChI=1S/C26H28F3N5O2/c1-15-12-34(19-6-7-32(2)23(35)11-19)13-17-8-16(4-5-20(15)17)25(36)31-18-9-21(26(27,28)29)24-22(10-18)30-14-33(24)3/h4-5,8-10,14-15,19H,6-7,11-13H2,1-3H3,(H,31,36). The zero-order valence-electron chi connectivity index (χ0n) is 20.4. The largest absolute Gasteiger partial charge is 0.418 e. The molecule has 1 N–H and O–H groups in total. The van der Waals surface area contributed by atoms with Crippen LogP contribution in [0.3, 0.4) is 0 Å². The van der Waals surface area contributed by atoms with Crippen molar-refractivity contribution >= 4 is 28.5 Å². The Morgan fingerprint density at radius 3 is 2.67 bits per heavy atom. The van der Waals surface area contributed by atoms with E-state index in [1.54, 1.807) is 11.0 Å². The minimum absolute atomic E-state index is 0.0317. The molecular formula is C26H28F3N5O2. The summed E-state index contributed by atoms with van der Waals surface area (Å²) >= 11 is 0. The summed E-state index contributed by atoms with van der Waals surface area (Å²) in [6.07, 6.45) is -1.88. The number of nitrogens with one attached hydrogen (secondary N) is 1. The molecule has 0 bridgehead atoms. The third-order valence-electron chi connectivity index (χ3n) is 7.34. The number of carbonyl (C=O) groups is 2. The second-order valence-electron chi connectivity index (χ2n) is 9.90. The van der Waals surface area contributed by atoms with Crippen molar-refractivity contribution in [1.29, 1.82) is 0 Å². The molecule has 3 aromatic rings. The van der Waals surface area contributed by atoms with Crippen LogP contribution in [0.1, 0.15) is 52.7 Å². The number of anilines is 1. The molecule has 0 aliphatic carbocycles. The van der Waals surface area contributed by atoms with E-state index in [9.17, 15) is 22.8 Å². The topological polar surface area (TPSA) is 70.5 Å². The second-order valence-corrected chi connectivity index (χ2v) is 9.90. The highest BCUT2D eigenvalue weighted by molar-refractivity contribution is 6.05. The highest BCUT2D eigenvalue weighted by Gasteiger charge is 2.35. The molecule has 10 heteroatoms. The molecule has 5 rings (SSSR count). The Morgan fingerprint density at radius 2 is 1.94 bits per heavy atom. The molecule has 1 fully saturated rings. The average molecular weight is 500 g/mol. The fourth-order valence-corrected chi connectivity index (χ4v) is 5.40. The molecule has 3 heterocycles. The van der Waals surface area contributed by atoms with Gasteiger partial charge in [0.15, 0.2) is 0 Å². The van der Waals surface area contributed by atoms with E-state index in [2.05, 4.69) is 22.1 Å². The van der Waals surface area contributed by atoms with Crippen molar-refractivity contribution in [3.8, 4) is 0 Å². The van der Waals surface area contributed by atoms with Crippen molar-refractivity contribution in [3.05, 3.63) is 58.9 Å². The molecule has 7 nitrogen and oxygen atoms in total. The second kappa shape index (κ2) is 8.92. The van der Waals surface area contributed by atoms with Crippen LogP contribution in [0.25, 0.3) is 11.0 Å². The number of alkyl halides is 3. The molecular weight excluding hydrogens is 471 g/mol. The molecule has 2 atom stereocenters. The summed E-state index contributed by atoms with van der Waals surface area (Å²) in [5, 5.41) is 2.62. The van der Waals surface area contributed by atoms with Crippen LogP contribution in [-0.2, 0) is 24.6 Å². The van der Waals surface area contributed by atoms with Crippen molar-refractivity contribution < 1.29 is 22.8 Å². The first-order valence-corrected chi connectivity index (χ1v) is 12.0. The minimum atomic E-state index is -4.59. The van der Waals surface area contributed by atoms with Crippen molar-refractivity contribution in [2.75, 3.05) is 25.5 Å². The van der Waals surface area contributed by atoms with Gasteiger partial charge in [0, 0.05) is 57.4 Å². The van der Waals surface area contributed by atoms with Gasteiger partial charge in [0.2, 0.25) is 5.91 Å². The number of aromatic nitrogens is 2. The summed E-state index contributed by atoms with van der Waals surface area (Å²) in [6, 6.07) is 8.00. The zero-order chi connectivity index (χ0) is 25.8. The van der Waals surface area contributed by atoms with Crippen LogP contribution in [0.4, 0.5) is 18.9 Å². The Kier molecular flexibility index (Phi) is 6.02. The van der Waals surface area contributed by atoms with Gasteiger partial charge in [-0.2, -0.15) is 13.2 Å². The fourth-order valence-electron chi connectivity index (χ4n) is 5.40. The Bertz CT molecular complexity index is 1350. The molecule has 0 radical (unpaired) electrons. The van der Waals surface area contributed by atoms with Gasteiger partial charge < -0.3 is 14.8 Å².